The molecule has 1 saturated carbocycles. The molecule has 0 bridgehead atoms. The van der Waals surface area contributed by atoms with Gasteiger partial charge in [0.1, 0.15) is 0 Å². The Hall–Kier alpha value is 0. The summed E-state index contributed by atoms with van der Waals surface area (Å²) in [5.74, 6) is 1.88. The van der Waals surface area contributed by atoms with E-state index >= 15 is 0 Å². The van der Waals surface area contributed by atoms with Crippen LogP contribution in [0.1, 0.15) is 129 Å². The summed E-state index contributed by atoms with van der Waals surface area (Å²) in [4.78, 5) is 0. The number of rotatable bonds is 15. The first kappa shape index (κ1) is 19.0. The van der Waals surface area contributed by atoms with Crippen LogP contribution >= 0.6 is 0 Å². The molecule has 1 aliphatic carbocycles. The Morgan fingerprint density at radius 3 is 1.33 bits per heavy atom. The zero-order chi connectivity index (χ0) is 15.0. The first-order chi connectivity index (χ1) is 10.4. The van der Waals surface area contributed by atoms with E-state index in [-0.39, 0.29) is 0 Å². The normalized spacial score (nSPS) is 15.9. The highest BCUT2D eigenvalue weighted by Gasteiger charge is 2.14. The molecule has 0 spiro atoms. The first-order valence-electron chi connectivity index (χ1n) is 10.3. The highest BCUT2D eigenvalue weighted by Crippen LogP contribution is 2.31. The van der Waals surface area contributed by atoms with Crippen molar-refractivity contribution in [3.05, 3.63) is 5.92 Å². The van der Waals surface area contributed by atoms with Gasteiger partial charge in [0.2, 0.25) is 0 Å². The van der Waals surface area contributed by atoms with Gasteiger partial charge in [0.25, 0.3) is 0 Å². The fourth-order valence-electron chi connectivity index (χ4n) is 3.69. The minimum absolute atomic E-state index is 1.37. The van der Waals surface area contributed by atoms with E-state index in [9.17, 15) is 0 Å². The van der Waals surface area contributed by atoms with Crippen LogP contribution in [-0.2, 0) is 0 Å². The Morgan fingerprint density at radius 2 is 0.905 bits per heavy atom. The van der Waals surface area contributed by atoms with Crippen molar-refractivity contribution in [2.75, 3.05) is 0 Å². The summed E-state index contributed by atoms with van der Waals surface area (Å²) in [6, 6.07) is 0. The molecule has 21 heavy (non-hydrogen) atoms. The largest absolute Gasteiger partial charge is 0.0654 e. The lowest BCUT2D eigenvalue weighted by Crippen LogP contribution is -1.90. The second-order valence-electron chi connectivity index (χ2n) is 7.30. The molecule has 0 aliphatic heterocycles. The van der Waals surface area contributed by atoms with Crippen LogP contribution in [-0.4, -0.2) is 0 Å². The number of hydrogen-bond donors (Lipinski definition) is 0. The minimum Gasteiger partial charge on any atom is -0.0654 e. The van der Waals surface area contributed by atoms with Crippen molar-refractivity contribution in [2.45, 2.75) is 129 Å². The second kappa shape index (κ2) is 14.9. The summed E-state index contributed by atoms with van der Waals surface area (Å²) in [5, 5.41) is 0. The molecule has 0 aromatic rings. The molecule has 1 rings (SSSR count). The molecule has 1 radical (unpaired) electrons. The molecule has 0 amide bonds. The summed E-state index contributed by atoms with van der Waals surface area (Å²) >= 11 is 0. The fourth-order valence-corrected chi connectivity index (χ4v) is 3.69. The van der Waals surface area contributed by atoms with Crippen molar-refractivity contribution >= 4 is 0 Å². The van der Waals surface area contributed by atoms with E-state index in [4.69, 9.17) is 0 Å². The van der Waals surface area contributed by atoms with Crippen LogP contribution in [0.4, 0.5) is 0 Å². The maximum atomic E-state index is 2.30. The molecule has 125 valence electrons. The van der Waals surface area contributed by atoms with Gasteiger partial charge in [-0.1, -0.05) is 110 Å². The van der Waals surface area contributed by atoms with Gasteiger partial charge in [-0.15, -0.1) is 0 Å². The molecular weight excluding hydrogens is 252 g/mol. The van der Waals surface area contributed by atoms with Gasteiger partial charge in [-0.3, -0.25) is 0 Å². The Balaban J connectivity index is 1.65. The van der Waals surface area contributed by atoms with Crippen molar-refractivity contribution in [1.29, 1.82) is 0 Å². The second-order valence-corrected chi connectivity index (χ2v) is 7.30. The zero-order valence-electron chi connectivity index (χ0n) is 14.9. The lowest BCUT2D eigenvalue weighted by atomic mass is 9.99. The van der Waals surface area contributed by atoms with Crippen LogP contribution in [0.5, 0.6) is 0 Å². The lowest BCUT2D eigenvalue weighted by molar-refractivity contribution is 0.532. The highest BCUT2D eigenvalue weighted by atomic mass is 14.2. The van der Waals surface area contributed by atoms with Gasteiger partial charge < -0.3 is 0 Å². The van der Waals surface area contributed by atoms with Gasteiger partial charge in [0.15, 0.2) is 0 Å². The van der Waals surface area contributed by atoms with Gasteiger partial charge in [-0.2, -0.15) is 0 Å². The monoisotopic (exact) mass is 293 g/mol. The Kier molecular flexibility index (Phi) is 13.5. The minimum atomic E-state index is 1.37. The third kappa shape index (κ3) is 12.2. The fraction of sp³-hybridized carbons (Fsp3) is 0.952. The molecule has 0 heteroatoms. The van der Waals surface area contributed by atoms with E-state index in [1.165, 1.54) is 122 Å². The standard InChI is InChI=1S/C21H41/c1-2-3-4-5-6-7-8-9-10-11-12-13-14-15-18-21-19-16-17-20-21/h2-20H2,1H3. The van der Waals surface area contributed by atoms with E-state index in [0.717, 1.165) is 0 Å². The molecule has 0 heterocycles. The van der Waals surface area contributed by atoms with Gasteiger partial charge in [-0.05, 0) is 25.2 Å². The Labute approximate surface area is 135 Å². The van der Waals surface area contributed by atoms with Crippen LogP contribution in [0.25, 0.3) is 0 Å². The Morgan fingerprint density at radius 1 is 0.524 bits per heavy atom. The molecule has 1 fully saturated rings. The SMILES string of the molecule is CCCCCCCCCCCCCCCC[C]1CCCC1. The molecule has 0 saturated heterocycles. The van der Waals surface area contributed by atoms with Crippen LogP contribution < -0.4 is 0 Å². The average molecular weight is 294 g/mol. The molecule has 0 N–H and O–H groups in total. The van der Waals surface area contributed by atoms with Crippen LogP contribution in [0.15, 0.2) is 0 Å². The van der Waals surface area contributed by atoms with Crippen LogP contribution in [0, 0.1) is 5.92 Å². The van der Waals surface area contributed by atoms with Gasteiger partial charge in [0, 0.05) is 0 Å². The van der Waals surface area contributed by atoms with Crippen molar-refractivity contribution in [3.8, 4) is 0 Å². The first-order valence-corrected chi connectivity index (χ1v) is 10.3. The molecule has 0 aromatic carbocycles. The van der Waals surface area contributed by atoms with Crippen molar-refractivity contribution in [3.63, 3.8) is 0 Å². The van der Waals surface area contributed by atoms with Crippen molar-refractivity contribution < 1.29 is 0 Å². The highest BCUT2D eigenvalue weighted by molar-refractivity contribution is 4.93. The summed E-state index contributed by atoms with van der Waals surface area (Å²) < 4.78 is 0. The van der Waals surface area contributed by atoms with Crippen molar-refractivity contribution in [2.24, 2.45) is 0 Å². The smallest absolute Gasteiger partial charge is 0.0241 e. The third-order valence-corrected chi connectivity index (χ3v) is 5.19. The topological polar surface area (TPSA) is 0 Å². The molecule has 0 unspecified atom stereocenters. The predicted molar refractivity (Wildman–Crippen MR) is 96.6 cm³/mol. The van der Waals surface area contributed by atoms with Gasteiger partial charge >= 0.3 is 0 Å². The lowest BCUT2D eigenvalue weighted by Gasteiger charge is -2.07. The van der Waals surface area contributed by atoms with E-state index in [1.54, 1.807) is 0 Å². The van der Waals surface area contributed by atoms with E-state index in [1.807, 2.05) is 5.92 Å². The van der Waals surface area contributed by atoms with Crippen LogP contribution in [0.2, 0.25) is 0 Å². The van der Waals surface area contributed by atoms with E-state index < -0.39 is 0 Å². The molecule has 0 nitrogen and oxygen atoms in total. The molecular formula is C21H41. The molecule has 1 aliphatic rings. The summed E-state index contributed by atoms with van der Waals surface area (Å²) in [6.45, 7) is 2.30. The van der Waals surface area contributed by atoms with Gasteiger partial charge in [0.05, 0.1) is 0 Å². The zero-order valence-corrected chi connectivity index (χ0v) is 14.9. The molecule has 0 atom stereocenters. The van der Waals surface area contributed by atoms with Crippen molar-refractivity contribution in [1.82, 2.24) is 0 Å². The maximum Gasteiger partial charge on any atom is -0.0241 e. The predicted octanol–water partition coefficient (Wildman–Crippen LogP) is 8.01. The van der Waals surface area contributed by atoms with Crippen LogP contribution in [0.3, 0.4) is 0 Å². The summed E-state index contributed by atoms with van der Waals surface area (Å²) in [5.41, 5.74) is 0. The number of hydrogen-bond acceptors (Lipinski definition) is 0. The number of unbranched alkanes of at least 4 members (excludes halogenated alkanes) is 13. The summed E-state index contributed by atoms with van der Waals surface area (Å²) in [7, 11) is 0. The van der Waals surface area contributed by atoms with E-state index in [0.29, 0.717) is 0 Å². The quantitative estimate of drug-likeness (QED) is 0.268. The summed E-state index contributed by atoms with van der Waals surface area (Å²) in [6.07, 6.45) is 28.0. The molecule has 0 aromatic heterocycles. The average Bonchev–Trinajstić information content (AvgIpc) is 3.01. The van der Waals surface area contributed by atoms with E-state index in [2.05, 4.69) is 6.92 Å². The van der Waals surface area contributed by atoms with Gasteiger partial charge in [-0.25, -0.2) is 0 Å². The maximum absolute atomic E-state index is 2.30. The Bertz CT molecular complexity index is 190. The third-order valence-electron chi connectivity index (χ3n) is 5.19.